The van der Waals surface area contributed by atoms with E-state index in [9.17, 15) is 4.79 Å². The van der Waals surface area contributed by atoms with Crippen LogP contribution in [-0.4, -0.2) is 54.9 Å². The van der Waals surface area contributed by atoms with Crippen LogP contribution in [0.25, 0.3) is 0 Å². The van der Waals surface area contributed by atoms with Gasteiger partial charge in [-0.1, -0.05) is 5.16 Å². The molecule has 1 aromatic rings. The highest BCUT2D eigenvalue weighted by Gasteiger charge is 2.23. The van der Waals surface area contributed by atoms with E-state index in [1.807, 2.05) is 6.92 Å². The summed E-state index contributed by atoms with van der Waals surface area (Å²) in [7, 11) is 1.73. The fourth-order valence-electron chi connectivity index (χ4n) is 2.31. The van der Waals surface area contributed by atoms with Gasteiger partial charge in [-0.3, -0.25) is 4.99 Å². The van der Waals surface area contributed by atoms with Crippen molar-refractivity contribution >= 4 is 36.0 Å². The first-order chi connectivity index (χ1) is 10.7. The van der Waals surface area contributed by atoms with Crippen molar-refractivity contribution in [3.63, 3.8) is 0 Å². The Morgan fingerprint density at radius 1 is 1.52 bits per heavy atom. The smallest absolute Gasteiger partial charge is 0.409 e. The van der Waals surface area contributed by atoms with Crippen molar-refractivity contribution in [2.24, 2.45) is 4.99 Å². The molecule has 23 heavy (non-hydrogen) atoms. The van der Waals surface area contributed by atoms with Gasteiger partial charge in [0.05, 0.1) is 13.2 Å². The molecule has 0 atom stereocenters. The summed E-state index contributed by atoms with van der Waals surface area (Å²) in [5.41, 5.74) is 0.820. The number of piperidine rings is 1. The van der Waals surface area contributed by atoms with Crippen molar-refractivity contribution in [3.8, 4) is 0 Å². The summed E-state index contributed by atoms with van der Waals surface area (Å²) in [5.74, 6) is 0.720. The minimum absolute atomic E-state index is 0. The van der Waals surface area contributed by atoms with Crippen molar-refractivity contribution in [2.45, 2.75) is 32.4 Å². The lowest BCUT2D eigenvalue weighted by Crippen LogP contribution is -2.49. The highest BCUT2D eigenvalue weighted by atomic mass is 127. The minimum atomic E-state index is -0.227. The Hall–Kier alpha value is -1.52. The maximum Gasteiger partial charge on any atom is 0.409 e. The molecule has 9 heteroatoms. The lowest BCUT2D eigenvalue weighted by molar-refractivity contribution is 0.0963. The number of amides is 1. The predicted octanol–water partition coefficient (Wildman–Crippen LogP) is 1.58. The fourth-order valence-corrected chi connectivity index (χ4v) is 2.31. The third kappa shape index (κ3) is 6.24. The Morgan fingerprint density at radius 2 is 2.26 bits per heavy atom. The molecule has 0 radical (unpaired) electrons. The summed E-state index contributed by atoms with van der Waals surface area (Å²) in [6, 6.07) is 2.09. The summed E-state index contributed by atoms with van der Waals surface area (Å²) < 4.78 is 9.80. The first-order valence-electron chi connectivity index (χ1n) is 7.51. The van der Waals surface area contributed by atoms with Crippen LogP contribution in [0.1, 0.15) is 25.5 Å². The van der Waals surface area contributed by atoms with Crippen LogP contribution in [0.15, 0.2) is 21.8 Å². The summed E-state index contributed by atoms with van der Waals surface area (Å²) in [5, 5.41) is 10.4. The molecule has 8 nitrogen and oxygen atoms in total. The highest BCUT2D eigenvalue weighted by Crippen LogP contribution is 2.11. The van der Waals surface area contributed by atoms with Crippen molar-refractivity contribution in [2.75, 3.05) is 26.7 Å². The van der Waals surface area contributed by atoms with Crippen LogP contribution in [0.4, 0.5) is 4.79 Å². The van der Waals surface area contributed by atoms with Crippen LogP contribution in [-0.2, 0) is 11.3 Å². The zero-order valence-corrected chi connectivity index (χ0v) is 15.8. The van der Waals surface area contributed by atoms with Crippen LogP contribution in [0.2, 0.25) is 0 Å². The monoisotopic (exact) mass is 437 g/mol. The molecule has 0 saturated carbocycles. The molecule has 0 bridgehead atoms. The zero-order valence-electron chi connectivity index (χ0n) is 13.4. The largest absolute Gasteiger partial charge is 0.450 e. The van der Waals surface area contributed by atoms with Crippen molar-refractivity contribution in [1.82, 2.24) is 20.7 Å². The third-order valence-corrected chi connectivity index (χ3v) is 3.51. The molecule has 1 amide bonds. The van der Waals surface area contributed by atoms with Gasteiger partial charge in [0.1, 0.15) is 12.0 Å². The number of carbonyl (C=O) groups excluding carboxylic acids is 1. The molecule has 1 aromatic heterocycles. The first-order valence-corrected chi connectivity index (χ1v) is 7.51. The van der Waals surface area contributed by atoms with E-state index in [1.54, 1.807) is 18.0 Å². The van der Waals surface area contributed by atoms with Crippen molar-refractivity contribution in [1.29, 1.82) is 0 Å². The first kappa shape index (κ1) is 19.5. The molecule has 0 aliphatic carbocycles. The average Bonchev–Trinajstić information content (AvgIpc) is 3.05. The number of aromatic nitrogens is 1. The number of hydrogen-bond acceptors (Lipinski definition) is 5. The number of rotatable bonds is 4. The number of carbonyl (C=O) groups is 1. The second kappa shape index (κ2) is 10.3. The molecule has 1 fully saturated rings. The van der Waals surface area contributed by atoms with E-state index < -0.39 is 0 Å². The number of ether oxygens (including phenoxy) is 1. The second-order valence-corrected chi connectivity index (χ2v) is 5.02. The van der Waals surface area contributed by atoms with Gasteiger partial charge in [-0.2, -0.15) is 0 Å². The lowest BCUT2D eigenvalue weighted by Gasteiger charge is -2.32. The summed E-state index contributed by atoms with van der Waals surface area (Å²) in [6.07, 6.45) is 3.04. The van der Waals surface area contributed by atoms with E-state index in [-0.39, 0.29) is 36.1 Å². The van der Waals surface area contributed by atoms with Gasteiger partial charge in [-0.05, 0) is 19.8 Å². The molecule has 1 aliphatic rings. The number of nitrogens with zero attached hydrogens (tertiary/aromatic N) is 3. The molecule has 2 rings (SSSR count). The lowest BCUT2D eigenvalue weighted by atomic mass is 10.1. The third-order valence-electron chi connectivity index (χ3n) is 3.51. The summed E-state index contributed by atoms with van der Waals surface area (Å²) in [6.45, 7) is 4.16. The molecular formula is C14H24IN5O3. The fraction of sp³-hybridized carbons (Fsp3) is 0.643. The molecule has 130 valence electrons. The van der Waals surface area contributed by atoms with Gasteiger partial charge < -0.3 is 24.8 Å². The standard InChI is InChI=1S/C14H23N5O3.HI/c1-3-21-14(20)19-7-4-11(5-8-19)17-13(15-2)16-10-12-6-9-22-18-12;/h6,9,11H,3-5,7-8,10H2,1-2H3,(H2,15,16,17);1H. The number of halogens is 1. The number of guanidine groups is 1. The van der Waals surface area contributed by atoms with E-state index >= 15 is 0 Å². The van der Waals surface area contributed by atoms with Gasteiger partial charge in [0.25, 0.3) is 0 Å². The van der Waals surface area contributed by atoms with Crippen LogP contribution >= 0.6 is 24.0 Å². The molecule has 1 aliphatic heterocycles. The van der Waals surface area contributed by atoms with Gasteiger partial charge in [0.15, 0.2) is 5.96 Å². The molecule has 0 unspecified atom stereocenters. The maximum absolute atomic E-state index is 11.6. The SMILES string of the molecule is CCOC(=O)N1CCC(NC(=NC)NCc2ccon2)CC1.I. The number of nitrogens with one attached hydrogen (secondary N) is 2. The Bertz CT molecular complexity index is 487. The van der Waals surface area contributed by atoms with E-state index in [4.69, 9.17) is 9.26 Å². The molecule has 1 saturated heterocycles. The van der Waals surface area contributed by atoms with Crippen LogP contribution < -0.4 is 10.6 Å². The normalized spacial score (nSPS) is 15.7. The number of likely N-dealkylation sites (tertiary alicyclic amines) is 1. The molecule has 0 aromatic carbocycles. The highest BCUT2D eigenvalue weighted by molar-refractivity contribution is 14.0. The Kier molecular flexibility index (Phi) is 8.74. The number of aliphatic imine (C=N–C) groups is 1. The van der Waals surface area contributed by atoms with E-state index in [2.05, 4.69) is 20.8 Å². The Morgan fingerprint density at radius 3 is 2.83 bits per heavy atom. The Labute approximate surface area is 153 Å². The van der Waals surface area contributed by atoms with Crippen LogP contribution in [0.3, 0.4) is 0 Å². The van der Waals surface area contributed by atoms with E-state index in [0.29, 0.717) is 26.2 Å². The van der Waals surface area contributed by atoms with Gasteiger partial charge in [-0.15, -0.1) is 24.0 Å². The summed E-state index contributed by atoms with van der Waals surface area (Å²) >= 11 is 0. The molecular weight excluding hydrogens is 413 g/mol. The maximum atomic E-state index is 11.6. The van der Waals surface area contributed by atoms with Crippen molar-refractivity contribution in [3.05, 3.63) is 18.0 Å². The van der Waals surface area contributed by atoms with E-state index in [1.165, 1.54) is 6.26 Å². The average molecular weight is 437 g/mol. The quantitative estimate of drug-likeness (QED) is 0.422. The molecule has 0 spiro atoms. The van der Waals surface area contributed by atoms with Gasteiger partial charge >= 0.3 is 6.09 Å². The topological polar surface area (TPSA) is 92.0 Å². The minimum Gasteiger partial charge on any atom is -0.450 e. The van der Waals surface area contributed by atoms with E-state index in [0.717, 1.165) is 24.5 Å². The molecule has 2 N–H and O–H groups in total. The second-order valence-electron chi connectivity index (χ2n) is 5.02. The summed E-state index contributed by atoms with van der Waals surface area (Å²) in [4.78, 5) is 17.6. The van der Waals surface area contributed by atoms with Gasteiger partial charge in [0.2, 0.25) is 0 Å². The van der Waals surface area contributed by atoms with Gasteiger partial charge in [-0.25, -0.2) is 4.79 Å². The number of hydrogen-bond donors (Lipinski definition) is 2. The van der Waals surface area contributed by atoms with Crippen LogP contribution in [0.5, 0.6) is 0 Å². The molecule has 2 heterocycles. The van der Waals surface area contributed by atoms with Gasteiger partial charge in [0, 0.05) is 32.2 Å². The zero-order chi connectivity index (χ0) is 15.8. The Balaban J connectivity index is 0.00000264. The van der Waals surface area contributed by atoms with Crippen LogP contribution in [0, 0.1) is 0 Å². The predicted molar refractivity (Wildman–Crippen MR) is 96.9 cm³/mol. The van der Waals surface area contributed by atoms with Crippen molar-refractivity contribution < 1.29 is 14.1 Å².